The molecule has 0 saturated heterocycles. The van der Waals surface area contributed by atoms with Gasteiger partial charge in [-0.15, -0.1) is 0 Å². The number of ether oxygens (including phenoxy) is 1. The van der Waals surface area contributed by atoms with Crippen LogP contribution in [0.15, 0.2) is 24.3 Å². The van der Waals surface area contributed by atoms with Crippen LogP contribution >= 0.6 is 0 Å². The number of carbonyl (C=O) groups excluding carboxylic acids is 1. The van der Waals surface area contributed by atoms with Gasteiger partial charge in [0.25, 0.3) is 5.91 Å². The fourth-order valence-corrected chi connectivity index (χ4v) is 1.26. The van der Waals surface area contributed by atoms with Crippen molar-refractivity contribution in [2.75, 3.05) is 13.7 Å². The Labute approximate surface area is 95.2 Å². The van der Waals surface area contributed by atoms with E-state index < -0.39 is 6.10 Å². The Morgan fingerprint density at radius 3 is 2.56 bits per heavy atom. The lowest BCUT2D eigenvalue weighted by Gasteiger charge is -2.07. The zero-order valence-electron chi connectivity index (χ0n) is 9.56. The minimum Gasteiger partial charge on any atom is -0.392 e. The van der Waals surface area contributed by atoms with Crippen LogP contribution in [0.25, 0.3) is 0 Å². The SMILES string of the molecule is COCc1ccc(C(=O)NC[C@@H](C)O)cc1. The van der Waals surface area contributed by atoms with E-state index in [9.17, 15) is 4.79 Å². The molecule has 0 heterocycles. The number of hydrogen-bond acceptors (Lipinski definition) is 3. The molecule has 0 unspecified atom stereocenters. The van der Waals surface area contributed by atoms with Crippen LogP contribution in [0.1, 0.15) is 22.8 Å². The molecule has 0 saturated carbocycles. The van der Waals surface area contributed by atoms with Crippen molar-refractivity contribution in [2.24, 2.45) is 0 Å². The molecule has 0 spiro atoms. The van der Waals surface area contributed by atoms with Crippen LogP contribution in [-0.4, -0.2) is 30.8 Å². The molecule has 0 fully saturated rings. The molecule has 0 bridgehead atoms. The van der Waals surface area contributed by atoms with Gasteiger partial charge in [0.2, 0.25) is 0 Å². The number of aliphatic hydroxyl groups excluding tert-OH is 1. The lowest BCUT2D eigenvalue weighted by molar-refractivity contribution is 0.0924. The first-order valence-corrected chi connectivity index (χ1v) is 5.17. The molecule has 88 valence electrons. The molecule has 0 aliphatic carbocycles. The summed E-state index contributed by atoms with van der Waals surface area (Å²) in [5, 5.41) is 11.7. The predicted octanol–water partition coefficient (Wildman–Crippen LogP) is 0.944. The maximum absolute atomic E-state index is 11.6. The van der Waals surface area contributed by atoms with Gasteiger partial charge in [-0.1, -0.05) is 12.1 Å². The second-order valence-corrected chi connectivity index (χ2v) is 3.69. The number of amides is 1. The van der Waals surface area contributed by atoms with Gasteiger partial charge in [-0.05, 0) is 24.6 Å². The monoisotopic (exact) mass is 223 g/mol. The molecule has 16 heavy (non-hydrogen) atoms. The Morgan fingerprint density at radius 1 is 1.44 bits per heavy atom. The molecule has 0 aliphatic rings. The molecule has 1 rings (SSSR count). The number of rotatable bonds is 5. The van der Waals surface area contributed by atoms with Crippen molar-refractivity contribution in [1.82, 2.24) is 5.32 Å². The summed E-state index contributed by atoms with van der Waals surface area (Å²) < 4.78 is 4.97. The molecule has 4 heteroatoms. The van der Waals surface area contributed by atoms with Gasteiger partial charge in [0.1, 0.15) is 0 Å². The molecule has 0 aliphatic heterocycles. The summed E-state index contributed by atoms with van der Waals surface area (Å²) in [6, 6.07) is 7.18. The molecular formula is C12H17NO3. The van der Waals surface area contributed by atoms with E-state index in [1.54, 1.807) is 26.2 Å². The van der Waals surface area contributed by atoms with Crippen LogP contribution in [0.5, 0.6) is 0 Å². The molecule has 1 aromatic carbocycles. The first-order chi connectivity index (χ1) is 7.63. The van der Waals surface area contributed by atoms with Crippen molar-refractivity contribution in [1.29, 1.82) is 0 Å². The maximum Gasteiger partial charge on any atom is 0.251 e. The Hall–Kier alpha value is -1.39. The lowest BCUT2D eigenvalue weighted by atomic mass is 10.1. The summed E-state index contributed by atoms with van der Waals surface area (Å²) in [6.45, 7) is 2.43. The van der Waals surface area contributed by atoms with Crippen molar-refractivity contribution in [3.8, 4) is 0 Å². The highest BCUT2D eigenvalue weighted by molar-refractivity contribution is 5.94. The number of methoxy groups -OCH3 is 1. The van der Waals surface area contributed by atoms with Crippen LogP contribution in [0, 0.1) is 0 Å². The highest BCUT2D eigenvalue weighted by Crippen LogP contribution is 2.05. The molecule has 1 aromatic rings. The molecule has 0 radical (unpaired) electrons. The first kappa shape index (κ1) is 12.7. The van der Waals surface area contributed by atoms with Gasteiger partial charge >= 0.3 is 0 Å². The van der Waals surface area contributed by atoms with E-state index in [2.05, 4.69) is 5.32 Å². The Bertz CT molecular complexity index is 333. The third-order valence-corrected chi connectivity index (χ3v) is 2.09. The first-order valence-electron chi connectivity index (χ1n) is 5.17. The normalized spacial score (nSPS) is 12.2. The number of hydrogen-bond donors (Lipinski definition) is 2. The van der Waals surface area contributed by atoms with Crippen LogP contribution in [0.4, 0.5) is 0 Å². The standard InChI is InChI=1S/C12H17NO3/c1-9(14)7-13-12(15)11-5-3-10(4-6-11)8-16-2/h3-6,9,14H,7-8H2,1-2H3,(H,13,15)/t9-/m1/s1. The van der Waals surface area contributed by atoms with Crippen LogP contribution in [-0.2, 0) is 11.3 Å². The zero-order chi connectivity index (χ0) is 12.0. The van der Waals surface area contributed by atoms with Crippen molar-refractivity contribution < 1.29 is 14.6 Å². The predicted molar refractivity (Wildman–Crippen MR) is 61.2 cm³/mol. The molecule has 1 atom stereocenters. The molecular weight excluding hydrogens is 206 g/mol. The van der Waals surface area contributed by atoms with Gasteiger partial charge in [0.05, 0.1) is 12.7 Å². The third-order valence-electron chi connectivity index (χ3n) is 2.09. The average molecular weight is 223 g/mol. The maximum atomic E-state index is 11.6. The highest BCUT2D eigenvalue weighted by Gasteiger charge is 2.05. The number of aliphatic hydroxyl groups is 1. The fraction of sp³-hybridized carbons (Fsp3) is 0.417. The van der Waals surface area contributed by atoms with E-state index in [0.717, 1.165) is 5.56 Å². The van der Waals surface area contributed by atoms with Gasteiger partial charge < -0.3 is 15.2 Å². The Kier molecular flexibility index (Phi) is 4.95. The Balaban J connectivity index is 2.56. The third kappa shape index (κ3) is 4.00. The molecule has 1 amide bonds. The number of nitrogens with one attached hydrogen (secondary N) is 1. The summed E-state index contributed by atoms with van der Waals surface area (Å²) in [5.74, 6) is -0.176. The lowest BCUT2D eigenvalue weighted by Crippen LogP contribution is -2.30. The van der Waals surface area contributed by atoms with Crippen molar-refractivity contribution in [3.63, 3.8) is 0 Å². The van der Waals surface area contributed by atoms with Crippen LogP contribution in [0.2, 0.25) is 0 Å². The van der Waals surface area contributed by atoms with Crippen LogP contribution in [0.3, 0.4) is 0 Å². The number of carbonyl (C=O) groups is 1. The van der Waals surface area contributed by atoms with Gasteiger partial charge in [-0.25, -0.2) is 0 Å². The summed E-state index contributed by atoms with van der Waals surface area (Å²) >= 11 is 0. The van der Waals surface area contributed by atoms with E-state index in [1.807, 2.05) is 12.1 Å². The quantitative estimate of drug-likeness (QED) is 0.781. The highest BCUT2D eigenvalue weighted by atomic mass is 16.5. The average Bonchev–Trinajstić information content (AvgIpc) is 2.27. The van der Waals surface area contributed by atoms with Crippen molar-refractivity contribution in [2.45, 2.75) is 19.6 Å². The second kappa shape index (κ2) is 6.25. The topological polar surface area (TPSA) is 58.6 Å². The van der Waals surface area contributed by atoms with Gasteiger partial charge in [-0.3, -0.25) is 4.79 Å². The molecule has 4 nitrogen and oxygen atoms in total. The van der Waals surface area contributed by atoms with Crippen molar-refractivity contribution >= 4 is 5.91 Å². The largest absolute Gasteiger partial charge is 0.392 e. The summed E-state index contributed by atoms with van der Waals surface area (Å²) in [4.78, 5) is 11.6. The second-order valence-electron chi connectivity index (χ2n) is 3.69. The van der Waals surface area contributed by atoms with E-state index in [4.69, 9.17) is 9.84 Å². The fourth-order valence-electron chi connectivity index (χ4n) is 1.26. The summed E-state index contributed by atoms with van der Waals surface area (Å²) in [6.07, 6.45) is -0.531. The van der Waals surface area contributed by atoms with Gasteiger partial charge in [0, 0.05) is 19.2 Å². The van der Waals surface area contributed by atoms with E-state index >= 15 is 0 Å². The number of benzene rings is 1. The summed E-state index contributed by atoms with van der Waals surface area (Å²) in [5.41, 5.74) is 1.61. The van der Waals surface area contributed by atoms with Gasteiger partial charge in [-0.2, -0.15) is 0 Å². The summed E-state index contributed by atoms with van der Waals surface area (Å²) in [7, 11) is 1.63. The van der Waals surface area contributed by atoms with Gasteiger partial charge in [0.15, 0.2) is 0 Å². The Morgan fingerprint density at radius 2 is 2.06 bits per heavy atom. The molecule has 0 aromatic heterocycles. The minimum absolute atomic E-state index is 0.176. The molecule has 2 N–H and O–H groups in total. The minimum atomic E-state index is -0.531. The van der Waals surface area contributed by atoms with E-state index in [-0.39, 0.29) is 12.5 Å². The van der Waals surface area contributed by atoms with E-state index in [1.165, 1.54) is 0 Å². The smallest absolute Gasteiger partial charge is 0.251 e. The van der Waals surface area contributed by atoms with Crippen molar-refractivity contribution in [3.05, 3.63) is 35.4 Å². The zero-order valence-corrected chi connectivity index (χ0v) is 9.56. The van der Waals surface area contributed by atoms with E-state index in [0.29, 0.717) is 12.2 Å². The van der Waals surface area contributed by atoms with Crippen LogP contribution < -0.4 is 5.32 Å².